The van der Waals surface area contributed by atoms with E-state index in [1.165, 1.54) is 17.3 Å². The number of unbranched alkanes of at least 4 members (excludes halogenated alkanes) is 3. The molecule has 1 N–H and O–H groups in total. The highest BCUT2D eigenvalue weighted by Gasteiger charge is 2.19. The van der Waals surface area contributed by atoms with Crippen molar-refractivity contribution in [1.82, 2.24) is 5.32 Å². The third-order valence-electron chi connectivity index (χ3n) is 3.16. The average molecular weight is 389 g/mol. The zero-order valence-corrected chi connectivity index (χ0v) is 13.6. The van der Waals surface area contributed by atoms with Crippen LogP contribution in [0.25, 0.3) is 0 Å². The average Bonchev–Trinajstić information content (AvgIpc) is 2.50. The van der Waals surface area contributed by atoms with Crippen molar-refractivity contribution in [3.8, 4) is 11.5 Å². The van der Waals surface area contributed by atoms with Gasteiger partial charge < -0.3 is 14.8 Å². The van der Waals surface area contributed by atoms with Gasteiger partial charge in [0.25, 0.3) is 5.91 Å². The lowest BCUT2D eigenvalue weighted by Crippen LogP contribution is -2.26. The molecule has 0 saturated carbocycles. The van der Waals surface area contributed by atoms with Crippen LogP contribution in [-0.4, -0.2) is 30.1 Å². The molecule has 1 heterocycles. The lowest BCUT2D eigenvalue weighted by atomic mass is 10.1. The molecule has 1 aromatic rings. The summed E-state index contributed by atoms with van der Waals surface area (Å²) in [5, 5.41) is 2.95. The maximum absolute atomic E-state index is 12.2. The van der Waals surface area contributed by atoms with Gasteiger partial charge in [0.15, 0.2) is 11.5 Å². The Morgan fingerprint density at radius 1 is 1.15 bits per heavy atom. The Morgan fingerprint density at radius 3 is 2.80 bits per heavy atom. The van der Waals surface area contributed by atoms with Crippen LogP contribution >= 0.6 is 22.6 Å². The van der Waals surface area contributed by atoms with E-state index in [1.54, 1.807) is 6.07 Å². The Hall–Kier alpha value is -0.980. The molecule has 0 aromatic heterocycles. The highest BCUT2D eigenvalue weighted by Crippen LogP contribution is 2.33. The summed E-state index contributed by atoms with van der Waals surface area (Å²) in [5.41, 5.74) is 0.564. The summed E-state index contributed by atoms with van der Waals surface area (Å²) >= 11 is 2.39. The number of hydrogen-bond acceptors (Lipinski definition) is 3. The smallest absolute Gasteiger partial charge is 0.255 e. The fraction of sp³-hybridized carbons (Fsp3) is 0.533. The number of benzene rings is 1. The first-order valence-corrected chi connectivity index (χ1v) is 8.58. The van der Waals surface area contributed by atoms with Crippen molar-refractivity contribution in [3.63, 3.8) is 0 Å². The van der Waals surface area contributed by atoms with E-state index >= 15 is 0 Å². The van der Waals surface area contributed by atoms with Crippen molar-refractivity contribution < 1.29 is 14.3 Å². The molecule has 2 rings (SSSR count). The van der Waals surface area contributed by atoms with Gasteiger partial charge in [-0.1, -0.05) is 41.5 Å². The molecule has 0 bridgehead atoms. The maximum Gasteiger partial charge on any atom is 0.255 e. The van der Waals surface area contributed by atoms with Gasteiger partial charge in [0.1, 0.15) is 13.2 Å². The number of rotatable bonds is 7. The van der Waals surface area contributed by atoms with Crippen molar-refractivity contribution >= 4 is 28.5 Å². The number of amides is 1. The largest absolute Gasteiger partial charge is 0.486 e. The number of ether oxygens (including phenoxy) is 2. The Labute approximate surface area is 133 Å². The summed E-state index contributed by atoms with van der Waals surface area (Å²) in [6.07, 6.45) is 4.67. The summed E-state index contributed by atoms with van der Waals surface area (Å²) in [5.74, 6) is 1.15. The van der Waals surface area contributed by atoms with Crippen LogP contribution in [0.4, 0.5) is 0 Å². The molecule has 0 unspecified atom stereocenters. The van der Waals surface area contributed by atoms with Crippen molar-refractivity contribution in [3.05, 3.63) is 23.8 Å². The van der Waals surface area contributed by atoms with Crippen LogP contribution in [0.15, 0.2) is 18.2 Å². The van der Waals surface area contributed by atoms with Crippen LogP contribution in [0.1, 0.15) is 36.0 Å². The Morgan fingerprint density at radius 2 is 1.95 bits per heavy atom. The number of alkyl halides is 1. The topological polar surface area (TPSA) is 47.6 Å². The van der Waals surface area contributed by atoms with Gasteiger partial charge in [-0.3, -0.25) is 4.79 Å². The van der Waals surface area contributed by atoms with Gasteiger partial charge in [0.05, 0.1) is 5.56 Å². The van der Waals surface area contributed by atoms with Crippen LogP contribution in [0.2, 0.25) is 0 Å². The second-order valence-electron chi connectivity index (χ2n) is 4.69. The second kappa shape index (κ2) is 8.34. The molecule has 0 radical (unpaired) electrons. The van der Waals surface area contributed by atoms with E-state index in [-0.39, 0.29) is 5.91 Å². The quantitative estimate of drug-likeness (QED) is 0.443. The zero-order valence-electron chi connectivity index (χ0n) is 11.5. The molecular weight excluding hydrogens is 369 g/mol. The van der Waals surface area contributed by atoms with Crippen molar-refractivity contribution in [1.29, 1.82) is 0 Å². The minimum absolute atomic E-state index is 0.0822. The zero-order chi connectivity index (χ0) is 14.2. The third-order valence-corrected chi connectivity index (χ3v) is 3.92. The van der Waals surface area contributed by atoms with Gasteiger partial charge in [0.2, 0.25) is 0 Å². The van der Waals surface area contributed by atoms with Crippen molar-refractivity contribution in [2.45, 2.75) is 25.7 Å². The van der Waals surface area contributed by atoms with Crippen LogP contribution in [0, 0.1) is 0 Å². The minimum Gasteiger partial charge on any atom is -0.486 e. The normalized spacial score (nSPS) is 13.1. The first kappa shape index (κ1) is 15.4. The summed E-state index contributed by atoms with van der Waals surface area (Å²) in [7, 11) is 0. The molecule has 20 heavy (non-hydrogen) atoms. The van der Waals surface area contributed by atoms with Gasteiger partial charge in [-0.25, -0.2) is 0 Å². The third kappa shape index (κ3) is 4.26. The minimum atomic E-state index is -0.0822. The van der Waals surface area contributed by atoms with Crippen LogP contribution in [0.3, 0.4) is 0 Å². The van der Waals surface area contributed by atoms with Gasteiger partial charge in [-0.2, -0.15) is 0 Å². The summed E-state index contributed by atoms with van der Waals surface area (Å²) in [6, 6.07) is 5.43. The number of nitrogens with one attached hydrogen (secondary N) is 1. The van der Waals surface area contributed by atoms with Crippen LogP contribution in [0.5, 0.6) is 11.5 Å². The molecule has 1 amide bonds. The van der Waals surface area contributed by atoms with E-state index in [4.69, 9.17) is 9.47 Å². The molecule has 5 heteroatoms. The number of fused-ring (bicyclic) bond motifs is 1. The molecule has 0 fully saturated rings. The molecule has 1 aliphatic rings. The second-order valence-corrected chi connectivity index (χ2v) is 5.77. The Bertz CT molecular complexity index is 451. The fourth-order valence-electron chi connectivity index (χ4n) is 2.12. The molecule has 0 saturated heterocycles. The number of carbonyl (C=O) groups is 1. The number of hydrogen-bond donors (Lipinski definition) is 1. The summed E-state index contributed by atoms with van der Waals surface area (Å²) in [6.45, 7) is 1.74. The van der Waals surface area contributed by atoms with Gasteiger partial charge >= 0.3 is 0 Å². The summed E-state index contributed by atoms with van der Waals surface area (Å²) in [4.78, 5) is 12.2. The molecule has 0 spiro atoms. The fourth-order valence-corrected chi connectivity index (χ4v) is 2.66. The number of para-hydroxylation sites is 1. The lowest BCUT2D eigenvalue weighted by molar-refractivity contribution is 0.0942. The first-order chi connectivity index (χ1) is 9.83. The Balaban J connectivity index is 1.83. The molecule has 0 aliphatic carbocycles. The standard InChI is InChI=1S/C15H20INO3/c16-8-3-1-2-4-9-17-15(18)12-6-5-7-13-14(12)20-11-10-19-13/h5-7H,1-4,8-11H2,(H,17,18). The van der Waals surface area contributed by atoms with Crippen molar-refractivity contribution in [2.24, 2.45) is 0 Å². The Kier molecular flexibility index (Phi) is 6.42. The molecule has 1 aliphatic heterocycles. The van der Waals surface area contributed by atoms with Gasteiger partial charge in [-0.05, 0) is 29.4 Å². The highest BCUT2D eigenvalue weighted by atomic mass is 127. The SMILES string of the molecule is O=C(NCCCCCCI)c1cccc2c1OCCO2. The number of halogens is 1. The van der Waals surface area contributed by atoms with E-state index in [1.807, 2.05) is 12.1 Å². The maximum atomic E-state index is 12.2. The molecule has 0 atom stereocenters. The van der Waals surface area contributed by atoms with E-state index < -0.39 is 0 Å². The molecular formula is C15H20INO3. The van der Waals surface area contributed by atoms with Gasteiger partial charge in [0, 0.05) is 6.54 Å². The molecule has 110 valence electrons. The predicted octanol–water partition coefficient (Wildman–Crippen LogP) is 3.18. The highest BCUT2D eigenvalue weighted by molar-refractivity contribution is 14.1. The molecule has 1 aromatic carbocycles. The molecule has 4 nitrogen and oxygen atoms in total. The van der Waals surface area contributed by atoms with E-state index in [0.717, 1.165) is 12.8 Å². The van der Waals surface area contributed by atoms with Gasteiger partial charge in [-0.15, -0.1) is 0 Å². The van der Waals surface area contributed by atoms with E-state index in [9.17, 15) is 4.79 Å². The lowest BCUT2D eigenvalue weighted by Gasteiger charge is -2.20. The predicted molar refractivity (Wildman–Crippen MR) is 87.1 cm³/mol. The first-order valence-electron chi connectivity index (χ1n) is 7.05. The van der Waals surface area contributed by atoms with Crippen LogP contribution < -0.4 is 14.8 Å². The van der Waals surface area contributed by atoms with Crippen molar-refractivity contribution in [2.75, 3.05) is 24.2 Å². The van der Waals surface area contributed by atoms with E-state index in [2.05, 4.69) is 27.9 Å². The van der Waals surface area contributed by atoms with Crippen LogP contribution in [-0.2, 0) is 0 Å². The number of carbonyl (C=O) groups excluding carboxylic acids is 1. The summed E-state index contributed by atoms with van der Waals surface area (Å²) < 4.78 is 12.2. The monoisotopic (exact) mass is 389 g/mol. The van der Waals surface area contributed by atoms with E-state index in [0.29, 0.717) is 36.8 Å².